The zero-order valence-corrected chi connectivity index (χ0v) is 10.5. The molecule has 0 aliphatic rings. The molecule has 0 atom stereocenters. The van der Waals surface area contributed by atoms with E-state index < -0.39 is 0 Å². The minimum absolute atomic E-state index is 0.141. The summed E-state index contributed by atoms with van der Waals surface area (Å²) in [6, 6.07) is 6.17. The van der Waals surface area contributed by atoms with Crippen LogP contribution in [0.1, 0.15) is 32.8 Å². The molecule has 15 heavy (non-hydrogen) atoms. The fourth-order valence-corrected chi connectivity index (χ4v) is 1.51. The maximum absolute atomic E-state index is 6.00. The number of hydrogen-bond acceptors (Lipinski definition) is 2. The number of rotatable bonds is 3. The van der Waals surface area contributed by atoms with Crippen molar-refractivity contribution in [3.63, 3.8) is 0 Å². The highest BCUT2D eigenvalue weighted by atomic mass is 15.2. The van der Waals surface area contributed by atoms with Gasteiger partial charge in [-0.3, -0.25) is 0 Å². The SMILES string of the molecule is CCC(C)(C)N(C)c1cc(C)ccc1N. The predicted molar refractivity (Wildman–Crippen MR) is 68.4 cm³/mol. The summed E-state index contributed by atoms with van der Waals surface area (Å²) in [6.07, 6.45) is 1.09. The van der Waals surface area contributed by atoms with Gasteiger partial charge in [-0.15, -0.1) is 0 Å². The minimum atomic E-state index is 0.141. The molecule has 0 saturated heterocycles. The molecule has 1 aromatic carbocycles. The number of nitrogens with two attached hydrogens (primary N) is 1. The third-order valence-corrected chi connectivity index (χ3v) is 3.32. The molecular formula is C13H22N2. The van der Waals surface area contributed by atoms with Gasteiger partial charge in [-0.2, -0.15) is 0 Å². The molecule has 0 radical (unpaired) electrons. The third kappa shape index (κ3) is 2.44. The molecule has 0 aliphatic carbocycles. The van der Waals surface area contributed by atoms with Crippen molar-refractivity contribution in [1.29, 1.82) is 0 Å². The van der Waals surface area contributed by atoms with E-state index in [-0.39, 0.29) is 5.54 Å². The molecular weight excluding hydrogens is 184 g/mol. The first-order valence-corrected chi connectivity index (χ1v) is 5.48. The van der Waals surface area contributed by atoms with Gasteiger partial charge in [-0.25, -0.2) is 0 Å². The average molecular weight is 206 g/mol. The molecule has 2 N–H and O–H groups in total. The van der Waals surface area contributed by atoms with Crippen LogP contribution in [-0.4, -0.2) is 12.6 Å². The number of aryl methyl sites for hydroxylation is 1. The van der Waals surface area contributed by atoms with Gasteiger partial charge < -0.3 is 10.6 Å². The molecule has 0 bridgehead atoms. The van der Waals surface area contributed by atoms with E-state index in [0.717, 1.165) is 17.8 Å². The zero-order chi connectivity index (χ0) is 11.6. The maximum atomic E-state index is 6.00. The Bertz CT molecular complexity index is 342. The van der Waals surface area contributed by atoms with Gasteiger partial charge in [0.25, 0.3) is 0 Å². The van der Waals surface area contributed by atoms with Crippen LogP contribution in [0.4, 0.5) is 11.4 Å². The van der Waals surface area contributed by atoms with E-state index in [2.05, 4.69) is 45.7 Å². The van der Waals surface area contributed by atoms with E-state index >= 15 is 0 Å². The Labute approximate surface area is 93.1 Å². The molecule has 1 aromatic rings. The van der Waals surface area contributed by atoms with Crippen molar-refractivity contribution in [3.8, 4) is 0 Å². The second-order valence-corrected chi connectivity index (χ2v) is 4.79. The van der Waals surface area contributed by atoms with E-state index in [9.17, 15) is 0 Å². The third-order valence-electron chi connectivity index (χ3n) is 3.32. The number of anilines is 2. The molecule has 0 aromatic heterocycles. The van der Waals surface area contributed by atoms with Gasteiger partial charge in [-0.1, -0.05) is 13.0 Å². The smallest absolute Gasteiger partial charge is 0.0604 e. The van der Waals surface area contributed by atoms with Crippen molar-refractivity contribution in [3.05, 3.63) is 23.8 Å². The van der Waals surface area contributed by atoms with Crippen molar-refractivity contribution in [2.45, 2.75) is 39.7 Å². The van der Waals surface area contributed by atoms with Crippen LogP contribution in [0.5, 0.6) is 0 Å². The summed E-state index contributed by atoms with van der Waals surface area (Å²) in [5.74, 6) is 0. The Kier molecular flexibility index (Phi) is 3.28. The van der Waals surface area contributed by atoms with Crippen LogP contribution in [-0.2, 0) is 0 Å². The Morgan fingerprint density at radius 3 is 2.47 bits per heavy atom. The van der Waals surface area contributed by atoms with Gasteiger partial charge in [0.2, 0.25) is 0 Å². The first-order valence-electron chi connectivity index (χ1n) is 5.48. The predicted octanol–water partition coefficient (Wildman–Crippen LogP) is 3.20. The van der Waals surface area contributed by atoms with Crippen molar-refractivity contribution >= 4 is 11.4 Å². The molecule has 0 fully saturated rings. The minimum Gasteiger partial charge on any atom is -0.397 e. The van der Waals surface area contributed by atoms with E-state index in [1.54, 1.807) is 0 Å². The second kappa shape index (κ2) is 4.13. The molecule has 0 amide bonds. The van der Waals surface area contributed by atoms with E-state index in [0.29, 0.717) is 0 Å². The largest absolute Gasteiger partial charge is 0.397 e. The fraction of sp³-hybridized carbons (Fsp3) is 0.538. The average Bonchev–Trinajstić information content (AvgIpc) is 2.20. The first-order chi connectivity index (χ1) is 6.88. The summed E-state index contributed by atoms with van der Waals surface area (Å²) < 4.78 is 0. The van der Waals surface area contributed by atoms with E-state index in [4.69, 9.17) is 5.73 Å². The number of benzene rings is 1. The van der Waals surface area contributed by atoms with Crippen molar-refractivity contribution in [2.24, 2.45) is 0 Å². The Balaban J connectivity index is 3.10. The molecule has 1 rings (SSSR count). The van der Waals surface area contributed by atoms with Crippen LogP contribution in [0.15, 0.2) is 18.2 Å². The van der Waals surface area contributed by atoms with Gasteiger partial charge >= 0.3 is 0 Å². The second-order valence-electron chi connectivity index (χ2n) is 4.79. The highest BCUT2D eigenvalue weighted by molar-refractivity contribution is 5.69. The van der Waals surface area contributed by atoms with Gasteiger partial charge in [0.15, 0.2) is 0 Å². The normalized spacial score (nSPS) is 11.5. The standard InChI is InChI=1S/C13H22N2/c1-6-13(3,4)15(5)12-9-10(2)7-8-11(12)14/h7-9H,6,14H2,1-5H3. The monoisotopic (exact) mass is 206 g/mol. The summed E-state index contributed by atoms with van der Waals surface area (Å²) in [5, 5.41) is 0. The molecule has 2 nitrogen and oxygen atoms in total. The van der Waals surface area contributed by atoms with Crippen LogP contribution < -0.4 is 10.6 Å². The van der Waals surface area contributed by atoms with Crippen LogP contribution in [0.25, 0.3) is 0 Å². The van der Waals surface area contributed by atoms with Gasteiger partial charge in [0.05, 0.1) is 11.4 Å². The number of nitrogen functional groups attached to an aromatic ring is 1. The lowest BCUT2D eigenvalue weighted by molar-refractivity contribution is 0.471. The molecule has 84 valence electrons. The summed E-state index contributed by atoms with van der Waals surface area (Å²) in [4.78, 5) is 2.26. The zero-order valence-electron chi connectivity index (χ0n) is 10.5. The van der Waals surface area contributed by atoms with Crippen LogP contribution in [0.3, 0.4) is 0 Å². The molecule has 0 aliphatic heterocycles. The van der Waals surface area contributed by atoms with Crippen LogP contribution in [0, 0.1) is 6.92 Å². The van der Waals surface area contributed by atoms with E-state index in [1.165, 1.54) is 5.56 Å². The lowest BCUT2D eigenvalue weighted by atomic mass is 9.98. The van der Waals surface area contributed by atoms with Crippen molar-refractivity contribution in [1.82, 2.24) is 0 Å². The van der Waals surface area contributed by atoms with E-state index in [1.807, 2.05) is 12.1 Å². The first kappa shape index (κ1) is 11.9. The molecule has 0 spiro atoms. The Hall–Kier alpha value is -1.18. The van der Waals surface area contributed by atoms with Crippen LogP contribution >= 0.6 is 0 Å². The fourth-order valence-electron chi connectivity index (χ4n) is 1.51. The highest BCUT2D eigenvalue weighted by Gasteiger charge is 2.22. The maximum Gasteiger partial charge on any atom is 0.0604 e. The van der Waals surface area contributed by atoms with Crippen LogP contribution in [0.2, 0.25) is 0 Å². The molecule has 2 heteroatoms. The highest BCUT2D eigenvalue weighted by Crippen LogP contribution is 2.30. The molecule has 0 heterocycles. The van der Waals surface area contributed by atoms with Crippen molar-refractivity contribution < 1.29 is 0 Å². The topological polar surface area (TPSA) is 29.3 Å². The summed E-state index contributed by atoms with van der Waals surface area (Å²) in [7, 11) is 2.11. The van der Waals surface area contributed by atoms with Gasteiger partial charge in [0.1, 0.15) is 0 Å². The van der Waals surface area contributed by atoms with Crippen molar-refractivity contribution in [2.75, 3.05) is 17.7 Å². The van der Waals surface area contributed by atoms with Gasteiger partial charge in [0, 0.05) is 12.6 Å². The summed E-state index contributed by atoms with van der Waals surface area (Å²) in [5.41, 5.74) is 9.37. The summed E-state index contributed by atoms with van der Waals surface area (Å²) in [6.45, 7) is 8.75. The molecule has 0 saturated carbocycles. The number of nitrogens with zero attached hydrogens (tertiary/aromatic N) is 1. The Morgan fingerprint density at radius 1 is 1.33 bits per heavy atom. The summed E-state index contributed by atoms with van der Waals surface area (Å²) >= 11 is 0. The molecule has 0 unspecified atom stereocenters. The quantitative estimate of drug-likeness (QED) is 0.769. The lowest BCUT2D eigenvalue weighted by Gasteiger charge is -2.37. The Morgan fingerprint density at radius 2 is 1.93 bits per heavy atom. The number of hydrogen-bond donors (Lipinski definition) is 1. The van der Waals surface area contributed by atoms with Gasteiger partial charge in [-0.05, 0) is 44.9 Å². The lowest BCUT2D eigenvalue weighted by Crippen LogP contribution is -2.40.